The molecule has 1 aromatic carbocycles. The van der Waals surface area contributed by atoms with Crippen LogP contribution in [0.5, 0.6) is 0 Å². The molecule has 6 heteroatoms. The zero-order valence-corrected chi connectivity index (χ0v) is 12.5. The second-order valence-electron chi connectivity index (χ2n) is 6.17. The molecule has 22 heavy (non-hydrogen) atoms. The van der Waals surface area contributed by atoms with E-state index in [0.717, 1.165) is 25.7 Å². The topological polar surface area (TPSA) is 81.5 Å². The number of ether oxygens (including phenoxy) is 1. The molecule has 3 fully saturated rings. The molecule has 0 heterocycles. The monoisotopic (exact) mass is 304 g/mol. The lowest BCUT2D eigenvalue weighted by Gasteiger charge is -2.47. The average Bonchev–Trinajstić information content (AvgIpc) is 2.55. The quantitative estimate of drug-likeness (QED) is 0.525. The number of para-hydroxylation sites is 2. The van der Waals surface area contributed by atoms with E-state index < -0.39 is 4.92 Å². The maximum absolute atomic E-state index is 12.2. The van der Waals surface area contributed by atoms with Gasteiger partial charge in [0.1, 0.15) is 5.69 Å². The second-order valence-corrected chi connectivity index (χ2v) is 6.17. The number of nitrogens with one attached hydrogen (secondary N) is 1. The number of nitro benzene ring substituents is 1. The summed E-state index contributed by atoms with van der Waals surface area (Å²) in [4.78, 5) is 23.0. The zero-order valence-electron chi connectivity index (χ0n) is 12.5. The summed E-state index contributed by atoms with van der Waals surface area (Å²) in [6.07, 6.45) is 4.21. The number of hydrogen-bond acceptors (Lipinski definition) is 5. The molecule has 118 valence electrons. The molecule has 1 N–H and O–H groups in total. The standard InChI is InChI=1S/C16H20N2O4/c1-22-16(19)14-10-6-8-11(9-7-10)15(14)17-12-4-2-3-5-13(12)18(20)21/h2-5,10-11,14-15,17H,6-9H2,1H3/t10?,11?,14-,15-/m1/s1. The van der Waals surface area contributed by atoms with Crippen molar-refractivity contribution in [1.82, 2.24) is 0 Å². The summed E-state index contributed by atoms with van der Waals surface area (Å²) < 4.78 is 4.98. The average molecular weight is 304 g/mol. The van der Waals surface area contributed by atoms with Crippen molar-refractivity contribution in [3.05, 3.63) is 34.4 Å². The van der Waals surface area contributed by atoms with Crippen LogP contribution >= 0.6 is 0 Å². The van der Waals surface area contributed by atoms with E-state index in [1.165, 1.54) is 13.2 Å². The van der Waals surface area contributed by atoms with Crippen LogP contribution in [0.1, 0.15) is 25.7 Å². The Balaban J connectivity index is 1.89. The van der Waals surface area contributed by atoms with E-state index in [1.54, 1.807) is 18.2 Å². The first-order chi connectivity index (χ1) is 10.6. The van der Waals surface area contributed by atoms with Gasteiger partial charge in [-0.3, -0.25) is 14.9 Å². The molecule has 3 saturated carbocycles. The van der Waals surface area contributed by atoms with Gasteiger partial charge in [0, 0.05) is 12.1 Å². The van der Waals surface area contributed by atoms with Gasteiger partial charge in [-0.05, 0) is 43.6 Å². The first-order valence-corrected chi connectivity index (χ1v) is 7.69. The van der Waals surface area contributed by atoms with E-state index in [-0.39, 0.29) is 23.6 Å². The number of nitrogens with zero attached hydrogens (tertiary/aromatic N) is 1. The smallest absolute Gasteiger partial charge is 0.311 e. The molecular formula is C16H20N2O4. The molecule has 0 radical (unpaired) electrons. The lowest BCUT2D eigenvalue weighted by Crippen LogP contribution is -2.51. The van der Waals surface area contributed by atoms with Gasteiger partial charge in [-0.25, -0.2) is 0 Å². The molecule has 0 amide bonds. The van der Waals surface area contributed by atoms with Gasteiger partial charge in [-0.1, -0.05) is 12.1 Å². The van der Waals surface area contributed by atoms with Gasteiger partial charge >= 0.3 is 5.97 Å². The van der Waals surface area contributed by atoms with Crippen LogP contribution in [0.4, 0.5) is 11.4 Å². The predicted octanol–water partition coefficient (Wildman–Crippen LogP) is 2.98. The Morgan fingerprint density at radius 1 is 1.23 bits per heavy atom. The van der Waals surface area contributed by atoms with Gasteiger partial charge in [0.05, 0.1) is 18.0 Å². The van der Waals surface area contributed by atoms with Crippen LogP contribution in [0.3, 0.4) is 0 Å². The third kappa shape index (κ3) is 2.53. The highest BCUT2D eigenvalue weighted by Gasteiger charge is 2.48. The van der Waals surface area contributed by atoms with Crippen molar-refractivity contribution in [2.24, 2.45) is 17.8 Å². The minimum Gasteiger partial charge on any atom is -0.469 e. The Morgan fingerprint density at radius 3 is 2.50 bits per heavy atom. The van der Waals surface area contributed by atoms with Crippen LogP contribution in [-0.2, 0) is 9.53 Å². The van der Waals surface area contributed by atoms with Crippen molar-refractivity contribution >= 4 is 17.3 Å². The number of anilines is 1. The molecule has 0 saturated heterocycles. The maximum Gasteiger partial charge on any atom is 0.311 e. The Bertz CT molecular complexity index is 581. The first kappa shape index (κ1) is 14.8. The van der Waals surface area contributed by atoms with Gasteiger partial charge < -0.3 is 10.1 Å². The summed E-state index contributed by atoms with van der Waals surface area (Å²) in [5.41, 5.74) is 0.534. The molecule has 1 aromatic rings. The number of fused-ring (bicyclic) bond motifs is 3. The van der Waals surface area contributed by atoms with Crippen molar-refractivity contribution in [3.8, 4) is 0 Å². The first-order valence-electron chi connectivity index (χ1n) is 7.69. The fraction of sp³-hybridized carbons (Fsp3) is 0.562. The largest absolute Gasteiger partial charge is 0.469 e. The molecular weight excluding hydrogens is 284 g/mol. The second kappa shape index (κ2) is 5.94. The normalized spacial score (nSPS) is 29.9. The number of rotatable bonds is 4. The number of carbonyl (C=O) groups excluding carboxylic acids is 1. The molecule has 3 aliphatic carbocycles. The number of hydrogen-bond donors (Lipinski definition) is 1. The lowest BCUT2D eigenvalue weighted by molar-refractivity contribution is -0.384. The number of carbonyl (C=O) groups is 1. The van der Waals surface area contributed by atoms with Crippen LogP contribution in [-0.4, -0.2) is 24.0 Å². The summed E-state index contributed by atoms with van der Waals surface area (Å²) in [7, 11) is 1.41. The van der Waals surface area contributed by atoms with Crippen molar-refractivity contribution in [2.45, 2.75) is 31.7 Å². The van der Waals surface area contributed by atoms with E-state index in [2.05, 4.69) is 5.32 Å². The molecule has 0 unspecified atom stereocenters. The summed E-state index contributed by atoms with van der Waals surface area (Å²) >= 11 is 0. The fourth-order valence-electron chi connectivity index (χ4n) is 4.07. The summed E-state index contributed by atoms with van der Waals surface area (Å²) in [5.74, 6) is 0.273. The van der Waals surface area contributed by atoms with E-state index in [9.17, 15) is 14.9 Å². The SMILES string of the molecule is COC(=O)[C@@H]1C2CCC(CC2)[C@H]1Nc1ccccc1[N+](=O)[O-]. The van der Waals surface area contributed by atoms with Gasteiger partial charge in [-0.2, -0.15) is 0 Å². The maximum atomic E-state index is 12.2. The summed E-state index contributed by atoms with van der Waals surface area (Å²) in [6, 6.07) is 6.52. The lowest BCUT2D eigenvalue weighted by atomic mass is 9.61. The van der Waals surface area contributed by atoms with Crippen LogP contribution in [0, 0.1) is 27.9 Å². The Kier molecular flexibility index (Phi) is 4.00. The fourth-order valence-corrected chi connectivity index (χ4v) is 4.07. The predicted molar refractivity (Wildman–Crippen MR) is 81.5 cm³/mol. The molecule has 0 aromatic heterocycles. The van der Waals surface area contributed by atoms with E-state index in [0.29, 0.717) is 17.5 Å². The minimum atomic E-state index is -0.392. The Hall–Kier alpha value is -2.11. The summed E-state index contributed by atoms with van der Waals surface area (Å²) in [5, 5.41) is 14.5. The highest BCUT2D eigenvalue weighted by molar-refractivity contribution is 5.75. The number of esters is 1. The van der Waals surface area contributed by atoms with Crippen LogP contribution < -0.4 is 5.32 Å². The molecule has 0 spiro atoms. The molecule has 0 aliphatic heterocycles. The van der Waals surface area contributed by atoms with Gasteiger partial charge in [0.25, 0.3) is 5.69 Å². The van der Waals surface area contributed by atoms with Gasteiger partial charge in [0.15, 0.2) is 0 Å². The van der Waals surface area contributed by atoms with Crippen molar-refractivity contribution in [2.75, 3.05) is 12.4 Å². The molecule has 2 bridgehead atoms. The molecule has 6 nitrogen and oxygen atoms in total. The van der Waals surface area contributed by atoms with E-state index >= 15 is 0 Å². The van der Waals surface area contributed by atoms with Gasteiger partial charge in [-0.15, -0.1) is 0 Å². The molecule has 4 rings (SSSR count). The van der Waals surface area contributed by atoms with Crippen molar-refractivity contribution in [1.29, 1.82) is 0 Å². The zero-order chi connectivity index (χ0) is 15.7. The molecule has 3 aliphatic rings. The van der Waals surface area contributed by atoms with Crippen LogP contribution in [0.2, 0.25) is 0 Å². The third-order valence-corrected chi connectivity index (χ3v) is 5.12. The van der Waals surface area contributed by atoms with Gasteiger partial charge in [0.2, 0.25) is 0 Å². The highest BCUT2D eigenvalue weighted by Crippen LogP contribution is 2.47. The third-order valence-electron chi connectivity index (χ3n) is 5.12. The van der Waals surface area contributed by atoms with E-state index in [1.807, 2.05) is 0 Å². The van der Waals surface area contributed by atoms with Crippen molar-refractivity contribution in [3.63, 3.8) is 0 Å². The van der Waals surface area contributed by atoms with Crippen molar-refractivity contribution < 1.29 is 14.5 Å². The highest BCUT2D eigenvalue weighted by atomic mass is 16.6. The number of methoxy groups -OCH3 is 1. The van der Waals surface area contributed by atoms with Crippen LogP contribution in [0.25, 0.3) is 0 Å². The number of nitro groups is 1. The number of benzene rings is 1. The summed E-state index contributed by atoms with van der Waals surface area (Å²) in [6.45, 7) is 0. The van der Waals surface area contributed by atoms with E-state index in [4.69, 9.17) is 4.74 Å². The van der Waals surface area contributed by atoms with Crippen LogP contribution in [0.15, 0.2) is 24.3 Å². The Labute approximate surface area is 129 Å². The minimum absolute atomic E-state index is 0.0487. The Morgan fingerprint density at radius 2 is 1.86 bits per heavy atom. The molecule has 2 atom stereocenters.